The van der Waals surface area contributed by atoms with Crippen molar-refractivity contribution in [3.05, 3.63) is 23.2 Å². The van der Waals surface area contributed by atoms with E-state index >= 15 is 0 Å². The van der Waals surface area contributed by atoms with Gasteiger partial charge in [0.2, 0.25) is 0 Å². The van der Waals surface area contributed by atoms with E-state index in [1.165, 1.54) is 0 Å². The highest BCUT2D eigenvalue weighted by Crippen LogP contribution is 2.35. The molecule has 142 valence electrons. The van der Waals surface area contributed by atoms with E-state index in [1.807, 2.05) is 11.8 Å². The van der Waals surface area contributed by atoms with Crippen LogP contribution in [0.1, 0.15) is 35.5 Å². The third-order valence-corrected chi connectivity index (χ3v) is 4.73. The zero-order chi connectivity index (χ0) is 18.8. The van der Waals surface area contributed by atoms with Crippen LogP contribution < -0.4 is 5.32 Å². The van der Waals surface area contributed by atoms with Crippen LogP contribution in [-0.2, 0) is 17.3 Å². The van der Waals surface area contributed by atoms with Crippen LogP contribution in [0.25, 0.3) is 0 Å². The number of rotatable bonds is 5. The van der Waals surface area contributed by atoms with Crippen molar-refractivity contribution < 1.29 is 32.2 Å². The molecule has 0 spiro atoms. The lowest BCUT2D eigenvalue weighted by molar-refractivity contribution is -0.138. The first-order chi connectivity index (χ1) is 11.7. The first kappa shape index (κ1) is 19.7. The Kier molecular flexibility index (Phi) is 5.80. The maximum atomic E-state index is 13.1. The fourth-order valence-corrected chi connectivity index (χ4v) is 2.94. The summed E-state index contributed by atoms with van der Waals surface area (Å²) >= 11 is 0. The number of furan rings is 1. The van der Waals surface area contributed by atoms with Crippen molar-refractivity contribution in [3.8, 4) is 0 Å². The molecule has 2 atom stereocenters. The number of hydrogen-bond acceptors (Lipinski definition) is 5. The van der Waals surface area contributed by atoms with E-state index in [1.54, 1.807) is 14.0 Å². The molecule has 0 radical (unpaired) electrons. The Bertz CT molecular complexity index is 617. The lowest BCUT2D eigenvalue weighted by Crippen LogP contribution is -2.65. The monoisotopic (exact) mass is 364 g/mol. The van der Waals surface area contributed by atoms with Gasteiger partial charge in [0.25, 0.3) is 5.91 Å². The van der Waals surface area contributed by atoms with Crippen LogP contribution in [0.4, 0.5) is 13.2 Å². The number of amides is 1. The minimum absolute atomic E-state index is 0.00339. The van der Waals surface area contributed by atoms with Crippen molar-refractivity contribution in [1.82, 2.24) is 10.2 Å². The fourth-order valence-electron chi connectivity index (χ4n) is 2.94. The van der Waals surface area contributed by atoms with Crippen LogP contribution in [0.5, 0.6) is 0 Å². The number of aryl methyl sites for hydroxylation is 1. The molecule has 2 N–H and O–H groups in total. The Morgan fingerprint density at radius 3 is 2.76 bits per heavy atom. The molecule has 9 heteroatoms. The van der Waals surface area contributed by atoms with E-state index in [-0.39, 0.29) is 38.0 Å². The molecule has 1 fully saturated rings. The number of carbonyl (C=O) groups is 1. The molecule has 1 aliphatic rings. The average Bonchev–Trinajstić information content (AvgIpc) is 3.00. The number of alkyl halides is 3. The van der Waals surface area contributed by atoms with Crippen molar-refractivity contribution in [2.24, 2.45) is 0 Å². The number of hydrogen-bond donors (Lipinski definition) is 2. The number of likely N-dealkylation sites (N-methyl/N-ethyl adjacent to an activating group) is 1. The Hall–Kier alpha value is -1.58. The standard InChI is InChI=1S/C16H23F3N2O4/c1-4-12-13(11(6-25-12)16(17,18)19)14(23)20-7-15(8-22)9-24-5-10(2)21(15)3/h6,10,22H,4-5,7-9H2,1-3H3,(H,20,23)/t10-,15+/m1/s1. The molecule has 0 unspecified atom stereocenters. The number of halogens is 3. The summed E-state index contributed by atoms with van der Waals surface area (Å²) in [5, 5.41) is 12.3. The summed E-state index contributed by atoms with van der Waals surface area (Å²) in [5.74, 6) is -0.901. The van der Waals surface area contributed by atoms with Gasteiger partial charge >= 0.3 is 6.18 Å². The molecule has 1 saturated heterocycles. The van der Waals surface area contributed by atoms with E-state index in [4.69, 9.17) is 9.15 Å². The number of nitrogens with one attached hydrogen (secondary N) is 1. The molecule has 0 saturated carbocycles. The van der Waals surface area contributed by atoms with E-state index in [0.29, 0.717) is 12.9 Å². The number of carbonyl (C=O) groups excluding carboxylic acids is 1. The van der Waals surface area contributed by atoms with E-state index < -0.39 is 28.7 Å². The molecule has 1 aromatic heterocycles. The lowest BCUT2D eigenvalue weighted by atomic mass is 9.95. The van der Waals surface area contributed by atoms with Crippen molar-refractivity contribution in [1.29, 1.82) is 0 Å². The van der Waals surface area contributed by atoms with Gasteiger partial charge in [-0.2, -0.15) is 13.2 Å². The van der Waals surface area contributed by atoms with Gasteiger partial charge in [-0.1, -0.05) is 6.92 Å². The van der Waals surface area contributed by atoms with Gasteiger partial charge in [0, 0.05) is 19.0 Å². The summed E-state index contributed by atoms with van der Waals surface area (Å²) in [6.07, 6.45) is -3.96. The van der Waals surface area contributed by atoms with Gasteiger partial charge in [0.1, 0.15) is 17.6 Å². The van der Waals surface area contributed by atoms with Crippen molar-refractivity contribution >= 4 is 5.91 Å². The maximum Gasteiger partial charge on any atom is 0.420 e. The van der Waals surface area contributed by atoms with Crippen LogP contribution in [-0.4, -0.2) is 60.9 Å². The Morgan fingerprint density at radius 1 is 1.52 bits per heavy atom. The first-order valence-electron chi connectivity index (χ1n) is 8.03. The van der Waals surface area contributed by atoms with E-state index in [9.17, 15) is 23.1 Å². The van der Waals surface area contributed by atoms with Crippen molar-refractivity contribution in [2.75, 3.05) is 33.4 Å². The molecule has 1 aliphatic heterocycles. The third-order valence-electron chi connectivity index (χ3n) is 4.73. The predicted octanol–water partition coefficient (Wildman–Crippen LogP) is 1.67. The number of aliphatic hydroxyl groups is 1. The quantitative estimate of drug-likeness (QED) is 0.831. The molecule has 25 heavy (non-hydrogen) atoms. The fraction of sp³-hybridized carbons (Fsp3) is 0.688. The number of aliphatic hydroxyl groups excluding tert-OH is 1. The van der Waals surface area contributed by atoms with Gasteiger partial charge in [-0.3, -0.25) is 9.69 Å². The Labute approximate surface area is 143 Å². The molecular weight excluding hydrogens is 341 g/mol. The summed E-state index contributed by atoms with van der Waals surface area (Å²) in [6, 6.07) is 0.00339. The van der Waals surface area contributed by atoms with Crippen LogP contribution in [0.2, 0.25) is 0 Å². The maximum absolute atomic E-state index is 13.1. The lowest BCUT2D eigenvalue weighted by Gasteiger charge is -2.47. The Balaban J connectivity index is 2.21. The van der Waals surface area contributed by atoms with Crippen molar-refractivity contribution in [3.63, 3.8) is 0 Å². The van der Waals surface area contributed by atoms with Crippen LogP contribution in [0, 0.1) is 0 Å². The second-order valence-electron chi connectivity index (χ2n) is 6.34. The van der Waals surface area contributed by atoms with Crippen LogP contribution in [0.15, 0.2) is 10.7 Å². The zero-order valence-electron chi connectivity index (χ0n) is 14.4. The van der Waals surface area contributed by atoms with Gasteiger partial charge in [0.15, 0.2) is 0 Å². The average molecular weight is 364 g/mol. The van der Waals surface area contributed by atoms with Gasteiger partial charge in [-0.05, 0) is 14.0 Å². The largest absolute Gasteiger partial charge is 0.468 e. The highest BCUT2D eigenvalue weighted by molar-refractivity contribution is 5.97. The summed E-state index contributed by atoms with van der Waals surface area (Å²) in [7, 11) is 1.78. The smallest absolute Gasteiger partial charge is 0.420 e. The molecule has 0 bridgehead atoms. The molecule has 2 heterocycles. The summed E-state index contributed by atoms with van der Waals surface area (Å²) in [4.78, 5) is 14.3. The second-order valence-corrected chi connectivity index (χ2v) is 6.34. The number of nitrogens with zero attached hydrogens (tertiary/aromatic N) is 1. The third kappa shape index (κ3) is 3.83. The van der Waals surface area contributed by atoms with Gasteiger partial charge < -0.3 is 19.6 Å². The minimum Gasteiger partial charge on any atom is -0.468 e. The van der Waals surface area contributed by atoms with E-state index in [2.05, 4.69) is 5.32 Å². The SMILES string of the molecule is CCc1occ(C(F)(F)F)c1C(=O)NC[C@]1(CO)COC[C@@H](C)N1C. The van der Waals surface area contributed by atoms with Crippen molar-refractivity contribution in [2.45, 2.75) is 38.0 Å². The van der Waals surface area contributed by atoms with Gasteiger partial charge in [0.05, 0.1) is 30.9 Å². The summed E-state index contributed by atoms with van der Waals surface area (Å²) in [6.45, 7) is 3.81. The molecule has 6 nitrogen and oxygen atoms in total. The van der Waals surface area contributed by atoms with E-state index in [0.717, 1.165) is 0 Å². The van der Waals surface area contributed by atoms with Gasteiger partial charge in [-0.25, -0.2) is 0 Å². The summed E-state index contributed by atoms with van der Waals surface area (Å²) < 4.78 is 49.7. The van der Waals surface area contributed by atoms with Crippen LogP contribution in [0.3, 0.4) is 0 Å². The number of morpholine rings is 1. The molecular formula is C16H23F3N2O4. The zero-order valence-corrected chi connectivity index (χ0v) is 14.4. The van der Waals surface area contributed by atoms with Gasteiger partial charge in [-0.15, -0.1) is 0 Å². The van der Waals surface area contributed by atoms with Crippen LogP contribution >= 0.6 is 0 Å². The molecule has 1 amide bonds. The minimum atomic E-state index is -4.68. The highest BCUT2D eigenvalue weighted by Gasteiger charge is 2.42. The first-order valence-corrected chi connectivity index (χ1v) is 8.03. The normalized spacial score (nSPS) is 25.2. The highest BCUT2D eigenvalue weighted by atomic mass is 19.4. The molecule has 1 aromatic rings. The predicted molar refractivity (Wildman–Crippen MR) is 83.3 cm³/mol. The molecule has 2 rings (SSSR count). The topological polar surface area (TPSA) is 74.9 Å². The second kappa shape index (κ2) is 7.35. The molecule has 0 aromatic carbocycles. The Morgan fingerprint density at radius 2 is 2.20 bits per heavy atom. The number of ether oxygens (including phenoxy) is 1. The molecule has 0 aliphatic carbocycles. The summed E-state index contributed by atoms with van der Waals surface area (Å²) in [5.41, 5.74) is -2.49.